The second-order valence-electron chi connectivity index (χ2n) is 7.22. The number of nitrogens with zero attached hydrogens (tertiary/aromatic N) is 4. The molecule has 0 aliphatic carbocycles. The van der Waals surface area contributed by atoms with E-state index in [1.807, 2.05) is 24.3 Å². The summed E-state index contributed by atoms with van der Waals surface area (Å²) in [6.45, 7) is 2.79. The van der Waals surface area contributed by atoms with Crippen LogP contribution in [0.5, 0.6) is 0 Å². The predicted molar refractivity (Wildman–Crippen MR) is 107 cm³/mol. The molecule has 1 spiro atoms. The lowest BCUT2D eigenvalue weighted by Gasteiger charge is -2.38. The fourth-order valence-corrected chi connectivity index (χ4v) is 3.88. The molecule has 2 saturated heterocycles. The topological polar surface area (TPSA) is 60.4 Å². The summed E-state index contributed by atoms with van der Waals surface area (Å²) in [4.78, 5) is 15.9. The molecule has 0 unspecified atom stereocenters. The Balaban J connectivity index is 1.53. The Hall–Kier alpha value is -2.90. The summed E-state index contributed by atoms with van der Waals surface area (Å²) in [6, 6.07) is 14.1. The third kappa shape index (κ3) is 3.59. The summed E-state index contributed by atoms with van der Waals surface area (Å²) in [6.07, 6.45) is 3.24. The Labute approximate surface area is 168 Å². The number of benzene rings is 1. The zero-order chi connectivity index (χ0) is 19.7. The van der Waals surface area contributed by atoms with Gasteiger partial charge in [-0.3, -0.25) is 4.98 Å². The summed E-state index contributed by atoms with van der Waals surface area (Å²) in [5, 5.41) is 0. The van der Waals surface area contributed by atoms with Gasteiger partial charge in [-0.2, -0.15) is 0 Å². The van der Waals surface area contributed by atoms with Crippen LogP contribution in [0.4, 0.5) is 10.2 Å². The minimum Gasteiger partial charge on any atom is -0.356 e. The van der Waals surface area contributed by atoms with Crippen LogP contribution in [0, 0.1) is 5.82 Å². The first kappa shape index (κ1) is 18.1. The van der Waals surface area contributed by atoms with Gasteiger partial charge < -0.3 is 14.4 Å². The third-order valence-electron chi connectivity index (χ3n) is 5.42. The number of hydrogen-bond acceptors (Lipinski definition) is 6. The maximum Gasteiger partial charge on any atom is 0.180 e. The second-order valence-corrected chi connectivity index (χ2v) is 7.22. The molecular weight excluding hydrogens is 371 g/mol. The molecule has 1 aromatic carbocycles. The largest absolute Gasteiger partial charge is 0.356 e. The number of halogens is 1. The van der Waals surface area contributed by atoms with E-state index in [0.29, 0.717) is 36.0 Å². The van der Waals surface area contributed by atoms with E-state index in [1.165, 1.54) is 6.07 Å². The zero-order valence-corrected chi connectivity index (χ0v) is 15.9. The van der Waals surface area contributed by atoms with Crippen molar-refractivity contribution in [2.75, 3.05) is 31.2 Å². The maximum atomic E-state index is 14.5. The van der Waals surface area contributed by atoms with E-state index in [9.17, 15) is 4.39 Å². The minimum absolute atomic E-state index is 0.311. The normalized spacial score (nSPS) is 18.3. The molecule has 4 heterocycles. The van der Waals surface area contributed by atoms with Crippen LogP contribution in [0.15, 0.2) is 54.7 Å². The van der Waals surface area contributed by atoms with Crippen molar-refractivity contribution in [1.82, 2.24) is 15.0 Å². The van der Waals surface area contributed by atoms with Gasteiger partial charge in [-0.1, -0.05) is 18.2 Å². The standard InChI is InChI=1S/C22H21FN4O2/c23-17-6-2-1-5-16(17)19-15-20(26-21(25-19)18-7-3-4-10-24-18)27-11-8-22(9-12-27)28-13-14-29-22/h1-7,10,15H,8-9,11-14H2. The Morgan fingerprint density at radius 1 is 0.897 bits per heavy atom. The first-order valence-corrected chi connectivity index (χ1v) is 9.81. The molecular formula is C22H21FN4O2. The molecule has 5 rings (SSSR count). The van der Waals surface area contributed by atoms with Gasteiger partial charge in [0, 0.05) is 43.8 Å². The zero-order valence-electron chi connectivity index (χ0n) is 15.9. The van der Waals surface area contributed by atoms with Crippen molar-refractivity contribution >= 4 is 5.82 Å². The number of rotatable bonds is 3. The smallest absolute Gasteiger partial charge is 0.180 e. The Bertz CT molecular complexity index is 999. The summed E-state index contributed by atoms with van der Waals surface area (Å²) < 4.78 is 26.1. The van der Waals surface area contributed by atoms with Gasteiger partial charge in [0.05, 0.1) is 18.9 Å². The second kappa shape index (κ2) is 7.50. The molecule has 2 aliphatic rings. The van der Waals surface area contributed by atoms with Crippen molar-refractivity contribution in [2.45, 2.75) is 18.6 Å². The first-order valence-electron chi connectivity index (χ1n) is 9.81. The van der Waals surface area contributed by atoms with Crippen LogP contribution in [0.2, 0.25) is 0 Å². The number of piperidine rings is 1. The number of aromatic nitrogens is 3. The summed E-state index contributed by atoms with van der Waals surface area (Å²) in [5.74, 6) is 0.470. The molecule has 7 heteroatoms. The van der Waals surface area contributed by atoms with E-state index in [4.69, 9.17) is 14.5 Å². The van der Waals surface area contributed by atoms with Crippen LogP contribution in [0.25, 0.3) is 22.8 Å². The van der Waals surface area contributed by atoms with E-state index in [-0.39, 0.29) is 5.82 Å². The molecule has 148 valence electrons. The molecule has 0 N–H and O–H groups in total. The molecule has 0 saturated carbocycles. The number of anilines is 1. The highest BCUT2D eigenvalue weighted by molar-refractivity contribution is 5.67. The highest BCUT2D eigenvalue weighted by Gasteiger charge is 2.40. The fourth-order valence-electron chi connectivity index (χ4n) is 3.88. The third-order valence-corrected chi connectivity index (χ3v) is 5.42. The molecule has 2 aromatic heterocycles. The van der Waals surface area contributed by atoms with Crippen molar-refractivity contribution in [3.8, 4) is 22.8 Å². The van der Waals surface area contributed by atoms with Crippen molar-refractivity contribution in [2.24, 2.45) is 0 Å². The van der Waals surface area contributed by atoms with Gasteiger partial charge >= 0.3 is 0 Å². The van der Waals surface area contributed by atoms with Crippen LogP contribution in [-0.2, 0) is 9.47 Å². The van der Waals surface area contributed by atoms with Gasteiger partial charge in [0.1, 0.15) is 17.3 Å². The maximum absolute atomic E-state index is 14.5. The molecule has 29 heavy (non-hydrogen) atoms. The SMILES string of the molecule is Fc1ccccc1-c1cc(N2CCC3(CC2)OCCO3)nc(-c2ccccn2)n1. The minimum atomic E-state index is -0.457. The van der Waals surface area contributed by atoms with Gasteiger partial charge in [-0.25, -0.2) is 14.4 Å². The monoisotopic (exact) mass is 392 g/mol. The van der Waals surface area contributed by atoms with E-state index in [0.717, 1.165) is 31.7 Å². The van der Waals surface area contributed by atoms with Gasteiger partial charge in [-0.15, -0.1) is 0 Å². The highest BCUT2D eigenvalue weighted by Crippen LogP contribution is 2.34. The molecule has 0 radical (unpaired) electrons. The lowest BCUT2D eigenvalue weighted by Crippen LogP contribution is -2.45. The molecule has 0 atom stereocenters. The average molecular weight is 392 g/mol. The lowest BCUT2D eigenvalue weighted by atomic mass is 10.0. The number of hydrogen-bond donors (Lipinski definition) is 0. The van der Waals surface area contributed by atoms with Crippen LogP contribution in [-0.4, -0.2) is 47.0 Å². The van der Waals surface area contributed by atoms with Crippen molar-refractivity contribution < 1.29 is 13.9 Å². The number of pyridine rings is 1. The highest BCUT2D eigenvalue weighted by atomic mass is 19.1. The van der Waals surface area contributed by atoms with Crippen molar-refractivity contribution in [1.29, 1.82) is 0 Å². The number of ether oxygens (including phenoxy) is 2. The van der Waals surface area contributed by atoms with E-state index in [2.05, 4.69) is 14.9 Å². The summed E-state index contributed by atoms with van der Waals surface area (Å²) in [7, 11) is 0. The Morgan fingerprint density at radius 2 is 1.66 bits per heavy atom. The van der Waals surface area contributed by atoms with Gasteiger partial charge in [0.2, 0.25) is 0 Å². The summed E-state index contributed by atoms with van der Waals surface area (Å²) >= 11 is 0. The first-order chi connectivity index (χ1) is 14.2. The Morgan fingerprint density at radius 3 is 2.38 bits per heavy atom. The molecule has 2 fully saturated rings. The molecule has 2 aliphatic heterocycles. The molecule has 0 bridgehead atoms. The Kier molecular flexibility index (Phi) is 4.69. The lowest BCUT2D eigenvalue weighted by molar-refractivity contribution is -0.169. The van der Waals surface area contributed by atoms with Crippen molar-refractivity contribution in [3.63, 3.8) is 0 Å². The summed E-state index contributed by atoms with van der Waals surface area (Å²) in [5.41, 5.74) is 1.65. The van der Waals surface area contributed by atoms with Crippen LogP contribution >= 0.6 is 0 Å². The van der Waals surface area contributed by atoms with Crippen molar-refractivity contribution in [3.05, 3.63) is 60.5 Å². The fraction of sp³-hybridized carbons (Fsp3) is 0.318. The van der Waals surface area contributed by atoms with Crippen LogP contribution in [0.3, 0.4) is 0 Å². The van der Waals surface area contributed by atoms with E-state index in [1.54, 1.807) is 24.4 Å². The van der Waals surface area contributed by atoms with Crippen LogP contribution < -0.4 is 4.90 Å². The van der Waals surface area contributed by atoms with Crippen LogP contribution in [0.1, 0.15) is 12.8 Å². The predicted octanol–water partition coefficient (Wildman–Crippen LogP) is 3.69. The van der Waals surface area contributed by atoms with Gasteiger partial charge in [0.15, 0.2) is 11.6 Å². The van der Waals surface area contributed by atoms with E-state index < -0.39 is 5.79 Å². The molecule has 0 amide bonds. The molecule has 6 nitrogen and oxygen atoms in total. The van der Waals surface area contributed by atoms with Gasteiger partial charge in [0.25, 0.3) is 0 Å². The van der Waals surface area contributed by atoms with E-state index >= 15 is 0 Å². The molecule has 3 aromatic rings. The average Bonchev–Trinajstić information content (AvgIpc) is 3.23. The van der Waals surface area contributed by atoms with Gasteiger partial charge in [-0.05, 0) is 24.3 Å². The quantitative estimate of drug-likeness (QED) is 0.678.